The Labute approximate surface area is 104 Å². The molecule has 90 valence electrons. The van der Waals surface area contributed by atoms with Gasteiger partial charge in [0.2, 0.25) is 0 Å². The lowest BCUT2D eigenvalue weighted by Crippen LogP contribution is -2.06. The third-order valence-electron chi connectivity index (χ3n) is 2.02. The maximum Gasteiger partial charge on any atom is 0.290 e. The SMILES string of the molecule is C#CCSCCNc1cc(C)c([N+](=O)[O-])cn1. The molecule has 1 rings (SSSR count). The monoisotopic (exact) mass is 251 g/mol. The van der Waals surface area contributed by atoms with E-state index < -0.39 is 4.92 Å². The molecule has 1 aromatic rings. The molecule has 0 spiro atoms. The first kappa shape index (κ1) is 13.3. The van der Waals surface area contributed by atoms with Crippen LogP contribution in [0.5, 0.6) is 0 Å². The van der Waals surface area contributed by atoms with E-state index in [0.717, 1.165) is 12.3 Å². The summed E-state index contributed by atoms with van der Waals surface area (Å²) < 4.78 is 0. The summed E-state index contributed by atoms with van der Waals surface area (Å²) in [5, 5.41) is 13.7. The molecule has 0 amide bonds. The number of nitrogens with zero attached hydrogens (tertiary/aromatic N) is 2. The van der Waals surface area contributed by atoms with E-state index in [2.05, 4.69) is 16.2 Å². The van der Waals surface area contributed by atoms with Crippen LogP contribution < -0.4 is 5.32 Å². The first-order valence-electron chi connectivity index (χ1n) is 5.01. The summed E-state index contributed by atoms with van der Waals surface area (Å²) in [6, 6.07) is 1.67. The smallest absolute Gasteiger partial charge is 0.290 e. The van der Waals surface area contributed by atoms with E-state index >= 15 is 0 Å². The lowest BCUT2D eigenvalue weighted by atomic mass is 10.2. The summed E-state index contributed by atoms with van der Waals surface area (Å²) in [5.41, 5.74) is 0.640. The number of aryl methyl sites for hydroxylation is 1. The summed E-state index contributed by atoms with van der Waals surface area (Å²) in [6.07, 6.45) is 6.39. The Bertz CT molecular complexity index is 443. The highest BCUT2D eigenvalue weighted by atomic mass is 32.2. The minimum Gasteiger partial charge on any atom is -0.369 e. The average Bonchev–Trinajstić information content (AvgIpc) is 2.28. The molecular formula is C11H13N3O2S. The van der Waals surface area contributed by atoms with Crippen LogP contribution in [0.4, 0.5) is 11.5 Å². The van der Waals surface area contributed by atoms with Gasteiger partial charge in [-0.3, -0.25) is 10.1 Å². The van der Waals surface area contributed by atoms with Crippen molar-refractivity contribution in [3.63, 3.8) is 0 Å². The Morgan fingerprint density at radius 1 is 1.71 bits per heavy atom. The number of pyridine rings is 1. The molecule has 0 aliphatic heterocycles. The maximum absolute atomic E-state index is 10.6. The molecule has 0 radical (unpaired) electrons. The number of nitro groups is 1. The number of anilines is 1. The van der Waals surface area contributed by atoms with Gasteiger partial charge in [-0.2, -0.15) is 0 Å². The van der Waals surface area contributed by atoms with Gasteiger partial charge in [-0.1, -0.05) is 5.92 Å². The molecule has 0 saturated carbocycles. The Hall–Kier alpha value is -1.74. The van der Waals surface area contributed by atoms with E-state index in [1.807, 2.05) is 0 Å². The molecule has 1 heterocycles. The summed E-state index contributed by atoms with van der Waals surface area (Å²) >= 11 is 1.65. The van der Waals surface area contributed by atoms with Crippen molar-refractivity contribution in [1.82, 2.24) is 4.98 Å². The molecule has 0 saturated heterocycles. The number of nitrogens with one attached hydrogen (secondary N) is 1. The van der Waals surface area contributed by atoms with E-state index in [4.69, 9.17) is 6.42 Å². The predicted octanol–water partition coefficient (Wildman–Crippen LogP) is 2.08. The minimum absolute atomic E-state index is 0.0391. The highest BCUT2D eigenvalue weighted by molar-refractivity contribution is 7.99. The number of hydrogen-bond acceptors (Lipinski definition) is 5. The zero-order valence-corrected chi connectivity index (χ0v) is 10.3. The standard InChI is InChI=1S/C11H13N3O2S/c1-3-5-17-6-4-12-11-7-9(2)10(8-13-11)14(15)16/h1,7-8H,4-6H2,2H3,(H,12,13). The number of hydrogen-bond donors (Lipinski definition) is 1. The molecule has 5 nitrogen and oxygen atoms in total. The molecule has 1 N–H and O–H groups in total. The van der Waals surface area contributed by atoms with Crippen molar-refractivity contribution in [2.75, 3.05) is 23.4 Å². The van der Waals surface area contributed by atoms with E-state index in [-0.39, 0.29) is 5.69 Å². The molecule has 0 aromatic carbocycles. The number of aromatic nitrogens is 1. The fraction of sp³-hybridized carbons (Fsp3) is 0.364. The third kappa shape index (κ3) is 4.33. The lowest BCUT2D eigenvalue weighted by Gasteiger charge is -2.05. The van der Waals surface area contributed by atoms with Gasteiger partial charge in [0.25, 0.3) is 5.69 Å². The third-order valence-corrected chi connectivity index (χ3v) is 2.88. The fourth-order valence-electron chi connectivity index (χ4n) is 1.22. The van der Waals surface area contributed by atoms with Crippen LogP contribution in [0.1, 0.15) is 5.56 Å². The minimum atomic E-state index is -0.436. The van der Waals surface area contributed by atoms with Crippen molar-refractivity contribution in [1.29, 1.82) is 0 Å². The van der Waals surface area contributed by atoms with Gasteiger partial charge in [0.1, 0.15) is 12.0 Å². The van der Waals surface area contributed by atoms with Gasteiger partial charge in [-0.15, -0.1) is 18.2 Å². The quantitative estimate of drug-likeness (QED) is 0.363. The van der Waals surface area contributed by atoms with Crippen LogP contribution in [0.25, 0.3) is 0 Å². The molecule has 0 fully saturated rings. The summed E-state index contributed by atoms with van der Waals surface area (Å²) in [6.45, 7) is 2.43. The van der Waals surface area contributed by atoms with Crippen LogP contribution in [0, 0.1) is 29.4 Å². The van der Waals surface area contributed by atoms with Gasteiger partial charge in [0, 0.05) is 17.9 Å². The van der Waals surface area contributed by atoms with Crippen molar-refractivity contribution in [3.8, 4) is 12.3 Å². The van der Waals surface area contributed by atoms with Crippen LogP contribution in [0.15, 0.2) is 12.3 Å². The first-order valence-corrected chi connectivity index (χ1v) is 6.16. The van der Waals surface area contributed by atoms with E-state index in [1.165, 1.54) is 6.20 Å². The Kier molecular flexibility index (Phi) is 5.30. The van der Waals surface area contributed by atoms with Crippen molar-refractivity contribution in [2.45, 2.75) is 6.92 Å². The molecule has 17 heavy (non-hydrogen) atoms. The van der Waals surface area contributed by atoms with Crippen molar-refractivity contribution in [2.24, 2.45) is 0 Å². The molecular weight excluding hydrogens is 238 g/mol. The van der Waals surface area contributed by atoms with E-state index in [1.54, 1.807) is 24.8 Å². The fourth-order valence-corrected chi connectivity index (χ4v) is 1.73. The maximum atomic E-state index is 10.6. The summed E-state index contributed by atoms with van der Waals surface area (Å²) in [5.74, 6) is 4.75. The van der Waals surface area contributed by atoms with Gasteiger partial charge in [0.05, 0.1) is 10.7 Å². The molecule has 0 atom stereocenters. The Morgan fingerprint density at radius 3 is 3.06 bits per heavy atom. The number of terminal acetylenes is 1. The molecule has 0 bridgehead atoms. The number of thioether (sulfide) groups is 1. The molecule has 6 heteroatoms. The zero-order valence-electron chi connectivity index (χ0n) is 9.47. The van der Waals surface area contributed by atoms with Crippen LogP contribution in [-0.2, 0) is 0 Å². The van der Waals surface area contributed by atoms with Crippen molar-refractivity contribution < 1.29 is 4.92 Å². The van der Waals surface area contributed by atoms with E-state index in [9.17, 15) is 10.1 Å². The zero-order chi connectivity index (χ0) is 12.7. The van der Waals surface area contributed by atoms with Crippen molar-refractivity contribution >= 4 is 23.3 Å². The Balaban J connectivity index is 2.48. The van der Waals surface area contributed by atoms with Crippen LogP contribution in [0.3, 0.4) is 0 Å². The second-order valence-corrected chi connectivity index (χ2v) is 4.40. The summed E-state index contributed by atoms with van der Waals surface area (Å²) in [7, 11) is 0. The van der Waals surface area contributed by atoms with Crippen LogP contribution >= 0.6 is 11.8 Å². The highest BCUT2D eigenvalue weighted by Crippen LogP contribution is 2.18. The van der Waals surface area contributed by atoms with Gasteiger partial charge < -0.3 is 5.32 Å². The topological polar surface area (TPSA) is 68.1 Å². The largest absolute Gasteiger partial charge is 0.369 e. The van der Waals surface area contributed by atoms with E-state index in [0.29, 0.717) is 17.1 Å². The molecule has 0 aliphatic rings. The number of rotatable bonds is 6. The van der Waals surface area contributed by atoms with Gasteiger partial charge >= 0.3 is 0 Å². The normalized spacial score (nSPS) is 9.65. The second-order valence-electron chi connectivity index (χ2n) is 3.30. The van der Waals surface area contributed by atoms with Crippen molar-refractivity contribution in [3.05, 3.63) is 27.9 Å². The van der Waals surface area contributed by atoms with Gasteiger partial charge in [-0.05, 0) is 13.0 Å². The molecule has 1 aromatic heterocycles. The Morgan fingerprint density at radius 2 is 2.47 bits per heavy atom. The van der Waals surface area contributed by atoms with Crippen LogP contribution in [-0.4, -0.2) is 28.0 Å². The second kappa shape index (κ2) is 6.76. The molecule has 0 aliphatic carbocycles. The van der Waals surface area contributed by atoms with Gasteiger partial charge in [0.15, 0.2) is 0 Å². The highest BCUT2D eigenvalue weighted by Gasteiger charge is 2.10. The van der Waals surface area contributed by atoms with Crippen LogP contribution in [0.2, 0.25) is 0 Å². The summed E-state index contributed by atoms with van der Waals surface area (Å²) in [4.78, 5) is 14.1. The average molecular weight is 251 g/mol. The molecule has 0 unspecified atom stereocenters. The van der Waals surface area contributed by atoms with Gasteiger partial charge in [-0.25, -0.2) is 4.98 Å². The lowest BCUT2D eigenvalue weighted by molar-refractivity contribution is -0.385. The first-order chi connectivity index (χ1) is 8.15. The predicted molar refractivity (Wildman–Crippen MR) is 70.3 cm³/mol.